The molecular formula is C20H19N3O. The third-order valence-electron chi connectivity index (χ3n) is 3.81. The van der Waals surface area contributed by atoms with Crippen LogP contribution in [0, 0.1) is 0 Å². The summed E-state index contributed by atoms with van der Waals surface area (Å²) < 4.78 is 0. The molecule has 2 aromatic carbocycles. The topological polar surface area (TPSA) is 82.0 Å². The van der Waals surface area contributed by atoms with Crippen LogP contribution >= 0.6 is 0 Å². The van der Waals surface area contributed by atoms with Crippen molar-refractivity contribution >= 4 is 34.5 Å². The molecule has 1 heterocycles. The van der Waals surface area contributed by atoms with Crippen LogP contribution in [-0.4, -0.2) is 16.8 Å². The van der Waals surface area contributed by atoms with Gasteiger partial charge >= 0.3 is 0 Å². The van der Waals surface area contributed by atoms with Crippen LogP contribution < -0.4 is 11.5 Å². The molecular weight excluding hydrogens is 298 g/mol. The van der Waals surface area contributed by atoms with Crippen molar-refractivity contribution in [2.24, 2.45) is 5.73 Å². The minimum atomic E-state index is -0.576. The van der Waals surface area contributed by atoms with Gasteiger partial charge in [0.1, 0.15) is 5.69 Å². The SMILES string of the molecule is CC(N)C(=O)c1cc(C=Cc2ccc(N)cc2)c2ccccc2n1. The molecule has 0 spiro atoms. The first-order chi connectivity index (χ1) is 11.5. The Balaban J connectivity index is 2.08. The maximum absolute atomic E-state index is 12.2. The Morgan fingerprint density at radius 1 is 1.08 bits per heavy atom. The van der Waals surface area contributed by atoms with Gasteiger partial charge in [0.15, 0.2) is 5.78 Å². The number of benzene rings is 2. The number of carbonyl (C=O) groups is 1. The summed E-state index contributed by atoms with van der Waals surface area (Å²) in [6, 6.07) is 16.6. The second-order valence-electron chi connectivity index (χ2n) is 5.77. The molecule has 0 saturated heterocycles. The summed E-state index contributed by atoms with van der Waals surface area (Å²) in [5, 5.41) is 0.991. The van der Waals surface area contributed by atoms with Gasteiger partial charge in [0, 0.05) is 11.1 Å². The fourth-order valence-corrected chi connectivity index (χ4v) is 2.49. The van der Waals surface area contributed by atoms with E-state index in [9.17, 15) is 4.79 Å². The molecule has 0 aliphatic carbocycles. The van der Waals surface area contributed by atoms with E-state index in [1.807, 2.05) is 60.7 Å². The van der Waals surface area contributed by atoms with Gasteiger partial charge in [-0.1, -0.05) is 42.5 Å². The number of aromatic nitrogens is 1. The molecule has 0 fully saturated rings. The lowest BCUT2D eigenvalue weighted by Crippen LogP contribution is -2.27. The van der Waals surface area contributed by atoms with Crippen LogP contribution in [0.2, 0.25) is 0 Å². The minimum absolute atomic E-state index is 0.164. The Hall–Kier alpha value is -2.98. The van der Waals surface area contributed by atoms with Gasteiger partial charge in [0.25, 0.3) is 0 Å². The van der Waals surface area contributed by atoms with Crippen molar-refractivity contribution < 1.29 is 4.79 Å². The number of nitrogen functional groups attached to an aromatic ring is 1. The molecule has 0 aliphatic heterocycles. The van der Waals surface area contributed by atoms with Crippen molar-refractivity contribution in [3.8, 4) is 0 Å². The fraction of sp³-hybridized carbons (Fsp3) is 0.100. The van der Waals surface area contributed by atoms with Crippen LogP contribution in [0.1, 0.15) is 28.5 Å². The van der Waals surface area contributed by atoms with Gasteiger partial charge < -0.3 is 11.5 Å². The first-order valence-electron chi connectivity index (χ1n) is 7.78. The summed E-state index contributed by atoms with van der Waals surface area (Å²) in [6.07, 6.45) is 3.97. The number of fused-ring (bicyclic) bond motifs is 1. The predicted molar refractivity (Wildman–Crippen MR) is 99.5 cm³/mol. The lowest BCUT2D eigenvalue weighted by atomic mass is 10.0. The number of hydrogen-bond donors (Lipinski definition) is 2. The normalized spacial score (nSPS) is 12.6. The highest BCUT2D eigenvalue weighted by molar-refractivity contribution is 6.02. The highest BCUT2D eigenvalue weighted by Gasteiger charge is 2.14. The van der Waals surface area contributed by atoms with Crippen molar-refractivity contribution in [1.82, 2.24) is 4.98 Å². The van der Waals surface area contributed by atoms with E-state index in [4.69, 9.17) is 11.5 Å². The van der Waals surface area contributed by atoms with Crippen LogP contribution in [-0.2, 0) is 0 Å². The Kier molecular flexibility index (Phi) is 4.40. The van der Waals surface area contributed by atoms with E-state index >= 15 is 0 Å². The molecule has 0 bridgehead atoms. The number of Topliss-reactive ketones (excluding diaryl/α,β-unsaturated/α-hetero) is 1. The Bertz CT molecular complexity index is 912. The van der Waals surface area contributed by atoms with E-state index in [-0.39, 0.29) is 5.78 Å². The molecule has 120 valence electrons. The average Bonchev–Trinajstić information content (AvgIpc) is 2.60. The zero-order valence-corrected chi connectivity index (χ0v) is 13.4. The largest absolute Gasteiger partial charge is 0.399 e. The van der Waals surface area contributed by atoms with Gasteiger partial charge in [-0.15, -0.1) is 0 Å². The molecule has 0 amide bonds. The molecule has 0 saturated carbocycles. The summed E-state index contributed by atoms with van der Waals surface area (Å²) in [6.45, 7) is 1.67. The number of nitrogens with zero attached hydrogens (tertiary/aromatic N) is 1. The van der Waals surface area contributed by atoms with Gasteiger partial charge in [-0.25, -0.2) is 4.98 Å². The minimum Gasteiger partial charge on any atom is -0.399 e. The van der Waals surface area contributed by atoms with Gasteiger partial charge in [0.05, 0.1) is 11.6 Å². The molecule has 3 aromatic rings. The summed E-state index contributed by atoms with van der Waals surface area (Å²) in [5.74, 6) is -0.164. The van der Waals surface area contributed by atoms with Crippen LogP contribution in [0.5, 0.6) is 0 Å². The number of ketones is 1. The van der Waals surface area contributed by atoms with Crippen LogP contribution in [0.4, 0.5) is 5.69 Å². The number of pyridine rings is 1. The zero-order valence-electron chi connectivity index (χ0n) is 13.4. The van der Waals surface area contributed by atoms with Crippen molar-refractivity contribution in [3.63, 3.8) is 0 Å². The summed E-state index contributed by atoms with van der Waals surface area (Å²) in [4.78, 5) is 16.7. The van der Waals surface area contributed by atoms with Gasteiger partial charge in [0.2, 0.25) is 0 Å². The highest BCUT2D eigenvalue weighted by Crippen LogP contribution is 2.21. The highest BCUT2D eigenvalue weighted by atomic mass is 16.1. The van der Waals surface area contributed by atoms with Crippen molar-refractivity contribution in [3.05, 3.63) is 71.4 Å². The smallest absolute Gasteiger partial charge is 0.197 e. The first-order valence-corrected chi connectivity index (χ1v) is 7.78. The number of carbonyl (C=O) groups excluding carboxylic acids is 1. The first kappa shape index (κ1) is 15.9. The lowest BCUT2D eigenvalue weighted by molar-refractivity contribution is 0.0963. The van der Waals surface area contributed by atoms with E-state index in [0.29, 0.717) is 5.69 Å². The van der Waals surface area contributed by atoms with E-state index < -0.39 is 6.04 Å². The third-order valence-corrected chi connectivity index (χ3v) is 3.81. The number of para-hydroxylation sites is 1. The van der Waals surface area contributed by atoms with Crippen LogP contribution in [0.25, 0.3) is 23.1 Å². The average molecular weight is 317 g/mol. The van der Waals surface area contributed by atoms with Crippen molar-refractivity contribution in [1.29, 1.82) is 0 Å². The summed E-state index contributed by atoms with van der Waals surface area (Å²) >= 11 is 0. The molecule has 0 radical (unpaired) electrons. The number of rotatable bonds is 4. The standard InChI is InChI=1S/C20H19N3O/c1-13(21)20(24)19-12-15(17-4-2-3-5-18(17)23-19)9-6-14-7-10-16(22)11-8-14/h2-13H,21-22H2,1H3. The van der Waals surface area contributed by atoms with E-state index in [2.05, 4.69) is 4.98 Å². The van der Waals surface area contributed by atoms with E-state index in [1.165, 1.54) is 0 Å². The third kappa shape index (κ3) is 3.34. The molecule has 1 unspecified atom stereocenters. The Morgan fingerprint density at radius 2 is 1.79 bits per heavy atom. The Morgan fingerprint density at radius 3 is 2.50 bits per heavy atom. The van der Waals surface area contributed by atoms with Crippen LogP contribution in [0.15, 0.2) is 54.6 Å². The lowest BCUT2D eigenvalue weighted by Gasteiger charge is -2.08. The molecule has 24 heavy (non-hydrogen) atoms. The fourth-order valence-electron chi connectivity index (χ4n) is 2.49. The quantitative estimate of drug-likeness (QED) is 0.570. The number of anilines is 1. The van der Waals surface area contributed by atoms with Crippen molar-refractivity contribution in [2.45, 2.75) is 13.0 Å². The monoisotopic (exact) mass is 317 g/mol. The maximum atomic E-state index is 12.2. The van der Waals surface area contributed by atoms with Crippen molar-refractivity contribution in [2.75, 3.05) is 5.73 Å². The zero-order chi connectivity index (χ0) is 17.1. The maximum Gasteiger partial charge on any atom is 0.197 e. The molecule has 3 rings (SSSR count). The summed E-state index contributed by atoms with van der Waals surface area (Å²) in [7, 11) is 0. The molecule has 4 nitrogen and oxygen atoms in total. The molecule has 0 aliphatic rings. The van der Waals surface area contributed by atoms with E-state index in [1.54, 1.807) is 13.0 Å². The Labute approximate surface area is 140 Å². The summed E-state index contributed by atoms with van der Waals surface area (Å²) in [5.41, 5.74) is 15.3. The molecule has 1 atom stereocenters. The van der Waals surface area contributed by atoms with Gasteiger partial charge in [-0.3, -0.25) is 4.79 Å². The second kappa shape index (κ2) is 6.64. The predicted octanol–water partition coefficient (Wildman–Crippen LogP) is 3.52. The van der Waals surface area contributed by atoms with E-state index in [0.717, 1.165) is 27.7 Å². The number of nitrogens with two attached hydrogens (primary N) is 2. The molecule has 4 N–H and O–H groups in total. The van der Waals surface area contributed by atoms with Gasteiger partial charge in [-0.2, -0.15) is 0 Å². The second-order valence-corrected chi connectivity index (χ2v) is 5.77. The molecule has 4 heteroatoms. The molecule has 1 aromatic heterocycles. The van der Waals surface area contributed by atoms with Crippen LogP contribution in [0.3, 0.4) is 0 Å². The van der Waals surface area contributed by atoms with Gasteiger partial charge in [-0.05, 0) is 42.3 Å². The number of hydrogen-bond acceptors (Lipinski definition) is 4.